The van der Waals surface area contributed by atoms with Crippen LogP contribution in [0.1, 0.15) is 31.2 Å². The Hall–Kier alpha value is -1.02. The first-order valence-electron chi connectivity index (χ1n) is 5.85. The average molecular weight is 205 g/mol. The van der Waals surface area contributed by atoms with Crippen LogP contribution in [0.4, 0.5) is 5.69 Å². The molecule has 0 saturated carbocycles. The molecule has 1 N–H and O–H groups in total. The van der Waals surface area contributed by atoms with Crippen LogP contribution in [0.15, 0.2) is 24.3 Å². The first kappa shape index (κ1) is 10.5. The number of benzene rings is 1. The minimum atomic E-state index is 0.141. The SMILES string of the molecule is OCc1cccc(N2CCCCCC2)c1. The third-order valence-electron chi connectivity index (χ3n) is 3.06. The zero-order valence-electron chi connectivity index (χ0n) is 9.15. The molecule has 1 fully saturated rings. The summed E-state index contributed by atoms with van der Waals surface area (Å²) >= 11 is 0. The van der Waals surface area contributed by atoms with E-state index in [1.165, 1.54) is 31.4 Å². The van der Waals surface area contributed by atoms with Crippen molar-refractivity contribution in [1.29, 1.82) is 0 Å². The maximum atomic E-state index is 9.10. The van der Waals surface area contributed by atoms with Crippen molar-refractivity contribution in [1.82, 2.24) is 0 Å². The van der Waals surface area contributed by atoms with Gasteiger partial charge in [0.2, 0.25) is 0 Å². The van der Waals surface area contributed by atoms with Crippen LogP contribution < -0.4 is 4.90 Å². The maximum Gasteiger partial charge on any atom is 0.0682 e. The van der Waals surface area contributed by atoms with Gasteiger partial charge in [0, 0.05) is 18.8 Å². The lowest BCUT2D eigenvalue weighted by atomic mass is 10.2. The second-order valence-corrected chi connectivity index (χ2v) is 4.23. The van der Waals surface area contributed by atoms with E-state index in [9.17, 15) is 0 Å². The molecule has 0 bridgehead atoms. The lowest BCUT2D eigenvalue weighted by Crippen LogP contribution is -2.23. The minimum Gasteiger partial charge on any atom is -0.392 e. The molecule has 2 rings (SSSR count). The van der Waals surface area contributed by atoms with Crippen LogP contribution >= 0.6 is 0 Å². The van der Waals surface area contributed by atoms with Gasteiger partial charge in [0.15, 0.2) is 0 Å². The summed E-state index contributed by atoms with van der Waals surface area (Å²) in [5.74, 6) is 0. The molecule has 0 aliphatic carbocycles. The lowest BCUT2D eigenvalue weighted by Gasteiger charge is -2.23. The molecular weight excluding hydrogens is 186 g/mol. The van der Waals surface area contributed by atoms with Crippen molar-refractivity contribution in [3.8, 4) is 0 Å². The molecular formula is C13H19NO. The van der Waals surface area contributed by atoms with Crippen molar-refractivity contribution in [2.45, 2.75) is 32.3 Å². The molecule has 1 heterocycles. The van der Waals surface area contributed by atoms with E-state index in [1.54, 1.807) is 0 Å². The third kappa shape index (κ3) is 2.72. The second kappa shape index (κ2) is 5.17. The van der Waals surface area contributed by atoms with E-state index in [4.69, 9.17) is 5.11 Å². The normalized spacial score (nSPS) is 17.5. The molecule has 2 heteroatoms. The van der Waals surface area contributed by atoms with Crippen molar-refractivity contribution in [3.05, 3.63) is 29.8 Å². The van der Waals surface area contributed by atoms with Gasteiger partial charge in [-0.1, -0.05) is 25.0 Å². The molecule has 0 unspecified atom stereocenters. The number of aliphatic hydroxyl groups is 1. The third-order valence-corrected chi connectivity index (χ3v) is 3.06. The highest BCUT2D eigenvalue weighted by molar-refractivity contribution is 5.48. The Morgan fingerprint density at radius 1 is 1.07 bits per heavy atom. The Morgan fingerprint density at radius 2 is 1.80 bits per heavy atom. The topological polar surface area (TPSA) is 23.5 Å². The van der Waals surface area contributed by atoms with Gasteiger partial charge in [-0.05, 0) is 30.5 Å². The maximum absolute atomic E-state index is 9.10. The molecule has 0 spiro atoms. The van der Waals surface area contributed by atoms with Crippen molar-refractivity contribution in [3.63, 3.8) is 0 Å². The molecule has 82 valence electrons. The lowest BCUT2D eigenvalue weighted by molar-refractivity contribution is 0.282. The standard InChI is InChI=1S/C13H19NO/c15-11-12-6-5-7-13(10-12)14-8-3-1-2-4-9-14/h5-7,10,15H,1-4,8-9,11H2. The Labute approximate surface area is 91.5 Å². The number of anilines is 1. The van der Waals surface area contributed by atoms with E-state index < -0.39 is 0 Å². The highest BCUT2D eigenvalue weighted by Crippen LogP contribution is 2.20. The van der Waals surface area contributed by atoms with Gasteiger partial charge in [-0.25, -0.2) is 0 Å². The van der Waals surface area contributed by atoms with Crippen LogP contribution in [0.3, 0.4) is 0 Å². The predicted octanol–water partition coefficient (Wildman–Crippen LogP) is 2.56. The van der Waals surface area contributed by atoms with Gasteiger partial charge in [-0.2, -0.15) is 0 Å². The Kier molecular flexibility index (Phi) is 3.62. The molecule has 0 radical (unpaired) electrons. The van der Waals surface area contributed by atoms with Crippen molar-refractivity contribution < 1.29 is 5.11 Å². The zero-order valence-corrected chi connectivity index (χ0v) is 9.15. The van der Waals surface area contributed by atoms with E-state index in [2.05, 4.69) is 17.0 Å². The van der Waals surface area contributed by atoms with Gasteiger partial charge in [-0.3, -0.25) is 0 Å². The summed E-state index contributed by atoms with van der Waals surface area (Å²) in [6, 6.07) is 8.25. The molecule has 2 nitrogen and oxygen atoms in total. The van der Waals surface area contributed by atoms with Gasteiger partial charge >= 0.3 is 0 Å². The Morgan fingerprint density at radius 3 is 2.47 bits per heavy atom. The number of rotatable bonds is 2. The summed E-state index contributed by atoms with van der Waals surface area (Å²) in [7, 11) is 0. The minimum absolute atomic E-state index is 0.141. The van der Waals surface area contributed by atoms with Crippen LogP contribution in [0.25, 0.3) is 0 Å². The van der Waals surface area contributed by atoms with E-state index in [1.807, 2.05) is 12.1 Å². The summed E-state index contributed by atoms with van der Waals surface area (Å²) < 4.78 is 0. The van der Waals surface area contributed by atoms with Crippen LogP contribution in [0, 0.1) is 0 Å². The summed E-state index contributed by atoms with van der Waals surface area (Å²) in [6.45, 7) is 2.46. The summed E-state index contributed by atoms with van der Waals surface area (Å²) in [4.78, 5) is 2.44. The molecule has 1 aromatic rings. The monoisotopic (exact) mass is 205 g/mol. The van der Waals surface area contributed by atoms with E-state index in [0.717, 1.165) is 18.7 Å². The Balaban J connectivity index is 2.12. The largest absolute Gasteiger partial charge is 0.392 e. The molecule has 0 amide bonds. The number of hydrogen-bond acceptors (Lipinski definition) is 2. The van der Waals surface area contributed by atoms with Gasteiger partial charge in [0.05, 0.1) is 6.61 Å². The van der Waals surface area contributed by atoms with Crippen molar-refractivity contribution >= 4 is 5.69 Å². The fourth-order valence-electron chi connectivity index (χ4n) is 2.18. The van der Waals surface area contributed by atoms with Gasteiger partial charge in [0.25, 0.3) is 0 Å². The van der Waals surface area contributed by atoms with Gasteiger partial charge in [0.1, 0.15) is 0 Å². The summed E-state index contributed by atoms with van der Waals surface area (Å²) in [5.41, 5.74) is 2.28. The molecule has 0 atom stereocenters. The first-order valence-corrected chi connectivity index (χ1v) is 5.85. The molecule has 1 saturated heterocycles. The fraction of sp³-hybridized carbons (Fsp3) is 0.538. The van der Waals surface area contributed by atoms with Crippen LogP contribution in [-0.4, -0.2) is 18.2 Å². The van der Waals surface area contributed by atoms with Gasteiger partial charge < -0.3 is 10.0 Å². The predicted molar refractivity (Wildman–Crippen MR) is 63.0 cm³/mol. The fourth-order valence-corrected chi connectivity index (χ4v) is 2.18. The van der Waals surface area contributed by atoms with Crippen molar-refractivity contribution in [2.24, 2.45) is 0 Å². The summed E-state index contributed by atoms with van der Waals surface area (Å²) in [6.07, 6.45) is 5.30. The van der Waals surface area contributed by atoms with Crippen LogP contribution in [0.2, 0.25) is 0 Å². The van der Waals surface area contributed by atoms with Crippen LogP contribution in [0.5, 0.6) is 0 Å². The second-order valence-electron chi connectivity index (χ2n) is 4.23. The zero-order chi connectivity index (χ0) is 10.5. The first-order chi connectivity index (χ1) is 7.40. The highest BCUT2D eigenvalue weighted by atomic mass is 16.3. The number of aliphatic hydroxyl groups excluding tert-OH is 1. The number of hydrogen-bond donors (Lipinski definition) is 1. The number of nitrogens with zero attached hydrogens (tertiary/aromatic N) is 1. The quantitative estimate of drug-likeness (QED) is 0.802. The van der Waals surface area contributed by atoms with Crippen LogP contribution in [-0.2, 0) is 6.61 Å². The molecule has 1 aromatic carbocycles. The Bertz CT molecular complexity index is 303. The smallest absolute Gasteiger partial charge is 0.0682 e. The van der Waals surface area contributed by atoms with E-state index in [0.29, 0.717) is 0 Å². The average Bonchev–Trinajstić information content (AvgIpc) is 2.58. The highest BCUT2D eigenvalue weighted by Gasteiger charge is 2.09. The molecule has 1 aliphatic rings. The molecule has 1 aliphatic heterocycles. The van der Waals surface area contributed by atoms with Gasteiger partial charge in [-0.15, -0.1) is 0 Å². The van der Waals surface area contributed by atoms with Crippen molar-refractivity contribution in [2.75, 3.05) is 18.0 Å². The summed E-state index contributed by atoms with van der Waals surface area (Å²) in [5, 5.41) is 9.10. The van der Waals surface area contributed by atoms with E-state index in [-0.39, 0.29) is 6.61 Å². The molecule has 15 heavy (non-hydrogen) atoms. The van der Waals surface area contributed by atoms with E-state index >= 15 is 0 Å². The molecule has 0 aromatic heterocycles.